The lowest BCUT2D eigenvalue weighted by Gasteiger charge is -2.14. The summed E-state index contributed by atoms with van der Waals surface area (Å²) in [6.45, 7) is 0.901. The van der Waals surface area contributed by atoms with Crippen LogP contribution in [0.4, 0.5) is 18.9 Å². The minimum Gasteiger partial charge on any atom is -0.477 e. The molecule has 1 fully saturated rings. The van der Waals surface area contributed by atoms with Gasteiger partial charge in [-0.1, -0.05) is 18.2 Å². The molecule has 1 saturated carbocycles. The van der Waals surface area contributed by atoms with Crippen molar-refractivity contribution >= 4 is 11.6 Å². The Labute approximate surface area is 154 Å². The highest BCUT2D eigenvalue weighted by Crippen LogP contribution is 2.30. The number of benzene rings is 1. The van der Waals surface area contributed by atoms with E-state index in [1.807, 2.05) is 6.07 Å². The van der Waals surface area contributed by atoms with Crippen LogP contribution in [0.1, 0.15) is 18.4 Å². The summed E-state index contributed by atoms with van der Waals surface area (Å²) in [7, 11) is 0. The second-order valence-corrected chi connectivity index (χ2v) is 6.13. The normalized spacial score (nSPS) is 14.7. The van der Waals surface area contributed by atoms with Crippen LogP contribution in [0.25, 0.3) is 0 Å². The van der Waals surface area contributed by atoms with Gasteiger partial charge in [0.25, 0.3) is 0 Å². The molecule has 3 N–H and O–H groups in total. The maximum absolute atomic E-state index is 12.4. The minimum atomic E-state index is -4.79. The Morgan fingerprint density at radius 3 is 2.67 bits per heavy atom. The summed E-state index contributed by atoms with van der Waals surface area (Å²) in [5, 5.41) is 2.61. The molecule has 1 aliphatic carbocycles. The van der Waals surface area contributed by atoms with Gasteiger partial charge in [-0.2, -0.15) is 0 Å². The third-order valence-corrected chi connectivity index (χ3v) is 3.77. The van der Waals surface area contributed by atoms with Gasteiger partial charge in [0.1, 0.15) is 0 Å². The lowest BCUT2D eigenvalue weighted by atomic mass is 10.3. The number of nitrogens with two attached hydrogens (primary N) is 1. The van der Waals surface area contributed by atoms with E-state index in [9.17, 15) is 13.2 Å². The van der Waals surface area contributed by atoms with Crippen LogP contribution in [-0.2, 0) is 6.54 Å². The fourth-order valence-corrected chi connectivity index (χ4v) is 2.22. The lowest BCUT2D eigenvalue weighted by molar-refractivity contribution is -0.274. The monoisotopic (exact) mass is 380 g/mol. The number of guanidine groups is 1. The second-order valence-electron chi connectivity index (χ2n) is 6.13. The van der Waals surface area contributed by atoms with Crippen LogP contribution in [-0.4, -0.2) is 23.9 Å². The van der Waals surface area contributed by atoms with Crippen molar-refractivity contribution in [1.82, 2.24) is 4.98 Å². The van der Waals surface area contributed by atoms with Gasteiger partial charge in [-0.15, -0.1) is 13.2 Å². The molecule has 0 spiro atoms. The first-order valence-corrected chi connectivity index (χ1v) is 8.38. The molecule has 0 bridgehead atoms. The van der Waals surface area contributed by atoms with Crippen molar-refractivity contribution in [2.75, 3.05) is 11.9 Å². The number of anilines is 1. The number of aromatic nitrogens is 1. The van der Waals surface area contributed by atoms with Crippen LogP contribution < -0.4 is 20.5 Å². The SMILES string of the molecule is NC(=NCc1ccc(OCC2CC2)nc1)Nc1ccccc1OC(F)(F)F. The first-order valence-electron chi connectivity index (χ1n) is 8.38. The van der Waals surface area contributed by atoms with E-state index >= 15 is 0 Å². The van der Waals surface area contributed by atoms with Gasteiger partial charge in [0.05, 0.1) is 18.8 Å². The summed E-state index contributed by atoms with van der Waals surface area (Å²) in [5.74, 6) is 0.773. The number of para-hydroxylation sites is 2. The quantitative estimate of drug-likeness (QED) is 0.565. The molecule has 0 unspecified atom stereocenters. The van der Waals surface area contributed by atoms with E-state index in [0.29, 0.717) is 18.4 Å². The highest BCUT2D eigenvalue weighted by Gasteiger charge is 2.32. The summed E-state index contributed by atoms with van der Waals surface area (Å²) >= 11 is 0. The zero-order valence-corrected chi connectivity index (χ0v) is 14.4. The average molecular weight is 380 g/mol. The first kappa shape index (κ1) is 18.8. The fourth-order valence-electron chi connectivity index (χ4n) is 2.22. The number of halogens is 3. The summed E-state index contributed by atoms with van der Waals surface area (Å²) in [6, 6.07) is 9.15. The fraction of sp³-hybridized carbons (Fsp3) is 0.333. The molecule has 2 aromatic rings. The molecule has 1 aromatic carbocycles. The van der Waals surface area contributed by atoms with Crippen LogP contribution in [0.15, 0.2) is 47.6 Å². The Kier molecular flexibility index (Phi) is 5.68. The zero-order chi connectivity index (χ0) is 19.3. The molecular formula is C18H19F3N4O2. The molecule has 0 atom stereocenters. The Balaban J connectivity index is 1.56. The molecule has 3 rings (SSSR count). The number of alkyl halides is 3. The van der Waals surface area contributed by atoms with Gasteiger partial charge in [-0.3, -0.25) is 0 Å². The molecule has 0 saturated heterocycles. The highest BCUT2D eigenvalue weighted by atomic mass is 19.4. The third kappa shape index (κ3) is 6.36. The molecule has 27 heavy (non-hydrogen) atoms. The number of nitrogens with one attached hydrogen (secondary N) is 1. The molecular weight excluding hydrogens is 361 g/mol. The molecule has 144 valence electrons. The summed E-state index contributed by atoms with van der Waals surface area (Å²) < 4.78 is 46.8. The maximum Gasteiger partial charge on any atom is 0.573 e. The first-order chi connectivity index (χ1) is 12.9. The summed E-state index contributed by atoms with van der Waals surface area (Å²) in [5.41, 5.74) is 6.62. The minimum absolute atomic E-state index is 0.0396. The largest absolute Gasteiger partial charge is 0.573 e. The lowest BCUT2D eigenvalue weighted by Crippen LogP contribution is -2.24. The number of pyridine rings is 1. The van der Waals surface area contributed by atoms with E-state index in [4.69, 9.17) is 10.5 Å². The molecule has 6 nitrogen and oxygen atoms in total. The highest BCUT2D eigenvalue weighted by molar-refractivity contribution is 5.93. The van der Waals surface area contributed by atoms with Gasteiger partial charge in [0.15, 0.2) is 11.7 Å². The van der Waals surface area contributed by atoms with E-state index in [1.165, 1.54) is 31.0 Å². The average Bonchev–Trinajstić information content (AvgIpc) is 3.44. The Morgan fingerprint density at radius 1 is 1.22 bits per heavy atom. The van der Waals surface area contributed by atoms with Crippen molar-refractivity contribution in [2.45, 2.75) is 25.7 Å². The molecule has 9 heteroatoms. The maximum atomic E-state index is 12.4. The van der Waals surface area contributed by atoms with Crippen molar-refractivity contribution in [3.63, 3.8) is 0 Å². The Bertz CT molecular complexity index is 790. The van der Waals surface area contributed by atoms with Gasteiger partial charge in [-0.25, -0.2) is 9.98 Å². The molecule has 0 amide bonds. The predicted molar refractivity (Wildman–Crippen MR) is 94.5 cm³/mol. The molecule has 1 aliphatic rings. The number of hydrogen-bond donors (Lipinski definition) is 2. The second kappa shape index (κ2) is 8.15. The van der Waals surface area contributed by atoms with Gasteiger partial charge in [0, 0.05) is 12.3 Å². The van der Waals surface area contributed by atoms with Gasteiger partial charge in [0.2, 0.25) is 5.88 Å². The molecule has 1 aromatic heterocycles. The molecule has 1 heterocycles. The number of rotatable bonds is 7. The van der Waals surface area contributed by atoms with Crippen LogP contribution in [0.3, 0.4) is 0 Å². The molecule has 0 aliphatic heterocycles. The number of hydrogen-bond acceptors (Lipinski definition) is 4. The summed E-state index contributed by atoms with van der Waals surface area (Å²) in [4.78, 5) is 8.30. The van der Waals surface area contributed by atoms with Gasteiger partial charge >= 0.3 is 6.36 Å². The van der Waals surface area contributed by atoms with E-state index in [1.54, 1.807) is 18.3 Å². The topological polar surface area (TPSA) is 81.8 Å². The van der Waals surface area contributed by atoms with Gasteiger partial charge < -0.3 is 20.5 Å². The Morgan fingerprint density at radius 2 is 2.00 bits per heavy atom. The zero-order valence-electron chi connectivity index (χ0n) is 14.4. The van der Waals surface area contributed by atoms with Gasteiger partial charge in [-0.05, 0) is 36.5 Å². The van der Waals surface area contributed by atoms with Crippen LogP contribution >= 0.6 is 0 Å². The van der Waals surface area contributed by atoms with Crippen molar-refractivity contribution in [2.24, 2.45) is 16.6 Å². The van der Waals surface area contributed by atoms with E-state index in [-0.39, 0.29) is 23.9 Å². The van der Waals surface area contributed by atoms with Crippen molar-refractivity contribution < 1.29 is 22.6 Å². The van der Waals surface area contributed by atoms with Crippen molar-refractivity contribution in [3.05, 3.63) is 48.2 Å². The van der Waals surface area contributed by atoms with E-state index in [0.717, 1.165) is 5.56 Å². The molecule has 0 radical (unpaired) electrons. The van der Waals surface area contributed by atoms with Crippen LogP contribution in [0.5, 0.6) is 11.6 Å². The van der Waals surface area contributed by atoms with Crippen LogP contribution in [0, 0.1) is 5.92 Å². The van der Waals surface area contributed by atoms with Crippen molar-refractivity contribution in [3.8, 4) is 11.6 Å². The smallest absolute Gasteiger partial charge is 0.477 e. The number of ether oxygens (including phenoxy) is 2. The van der Waals surface area contributed by atoms with Crippen LogP contribution in [0.2, 0.25) is 0 Å². The predicted octanol–water partition coefficient (Wildman–Crippen LogP) is 3.70. The standard InChI is InChI=1S/C18H19F3N4O2/c19-18(20,21)27-15-4-2-1-3-14(15)25-17(22)24-10-13-7-8-16(23-9-13)26-11-12-5-6-12/h1-4,7-9,12H,5-6,10-11H2,(H3,22,24,25). The van der Waals surface area contributed by atoms with E-state index < -0.39 is 6.36 Å². The number of nitrogens with zero attached hydrogens (tertiary/aromatic N) is 2. The summed E-state index contributed by atoms with van der Waals surface area (Å²) in [6.07, 6.45) is -0.759. The van der Waals surface area contributed by atoms with E-state index in [2.05, 4.69) is 20.0 Å². The number of aliphatic imine (C=N–C) groups is 1. The van der Waals surface area contributed by atoms with Crippen molar-refractivity contribution in [1.29, 1.82) is 0 Å². The Hall–Kier alpha value is -2.97. The third-order valence-electron chi connectivity index (χ3n) is 3.77.